The van der Waals surface area contributed by atoms with E-state index < -0.39 is 5.91 Å². The van der Waals surface area contributed by atoms with E-state index in [1.165, 1.54) is 29.2 Å². The number of nitrogens with zero attached hydrogens (tertiary/aromatic N) is 4. The highest BCUT2D eigenvalue weighted by molar-refractivity contribution is 7.08. The molecule has 0 aliphatic rings. The van der Waals surface area contributed by atoms with Gasteiger partial charge in [0.1, 0.15) is 23.3 Å². The maximum absolute atomic E-state index is 12.4. The third kappa shape index (κ3) is 5.42. The van der Waals surface area contributed by atoms with Crippen molar-refractivity contribution in [2.75, 3.05) is 19.6 Å². The molecule has 27 heavy (non-hydrogen) atoms. The normalized spacial score (nSPS) is 12.0. The highest BCUT2D eigenvalue weighted by Crippen LogP contribution is 2.29. The Morgan fingerprint density at radius 1 is 1.48 bits per heavy atom. The molecule has 0 unspecified atom stereocenters. The zero-order chi connectivity index (χ0) is 19.8. The zero-order valence-electron chi connectivity index (χ0n) is 15.2. The molecule has 0 saturated carbocycles. The number of carbonyl (C=O) groups excluding carboxylic acids is 1. The lowest BCUT2D eigenvalue weighted by atomic mass is 10.1. The van der Waals surface area contributed by atoms with Gasteiger partial charge in [-0.3, -0.25) is 4.79 Å². The third-order valence-corrected chi connectivity index (χ3v) is 4.73. The quantitative estimate of drug-likeness (QED) is 0.400. The second-order valence-corrected chi connectivity index (χ2v) is 6.71. The van der Waals surface area contributed by atoms with Crippen molar-refractivity contribution in [3.63, 3.8) is 0 Å². The molecule has 0 aliphatic carbocycles. The molecule has 142 valence electrons. The van der Waals surface area contributed by atoms with Gasteiger partial charge in [-0.15, -0.1) is 11.6 Å². The summed E-state index contributed by atoms with van der Waals surface area (Å²) in [7, 11) is 3.22. The van der Waals surface area contributed by atoms with E-state index in [9.17, 15) is 10.1 Å². The summed E-state index contributed by atoms with van der Waals surface area (Å²) in [6.07, 6.45) is 2.21. The fourth-order valence-electron chi connectivity index (χ4n) is 2.14. The lowest BCUT2D eigenvalue weighted by molar-refractivity contribution is -0.114. The molecular formula is C18H19ClN4O3S. The Hall–Kier alpha value is -2.63. The molecule has 0 aliphatic heterocycles. The van der Waals surface area contributed by atoms with Crippen LogP contribution in [-0.4, -0.2) is 35.3 Å². The van der Waals surface area contributed by atoms with E-state index in [0.717, 1.165) is 11.4 Å². The van der Waals surface area contributed by atoms with Gasteiger partial charge in [0.25, 0.3) is 5.91 Å². The number of amides is 1. The summed E-state index contributed by atoms with van der Waals surface area (Å²) < 4.78 is 12.3. The number of aryl methyl sites for hydroxylation is 2. The molecule has 2 rings (SSSR count). The number of hydrogen-bond donors (Lipinski definition) is 0. The monoisotopic (exact) mass is 406 g/mol. The van der Waals surface area contributed by atoms with Crippen molar-refractivity contribution >= 4 is 34.9 Å². The summed E-state index contributed by atoms with van der Waals surface area (Å²) in [6.45, 7) is 2.32. The van der Waals surface area contributed by atoms with Crippen LogP contribution in [0, 0.1) is 11.3 Å². The van der Waals surface area contributed by atoms with Gasteiger partial charge < -0.3 is 9.47 Å². The van der Waals surface area contributed by atoms with Crippen molar-refractivity contribution in [3.05, 3.63) is 39.1 Å². The highest BCUT2D eigenvalue weighted by Gasteiger charge is 2.11. The molecule has 0 bridgehead atoms. The van der Waals surface area contributed by atoms with E-state index >= 15 is 0 Å². The Morgan fingerprint density at radius 2 is 2.26 bits per heavy atom. The van der Waals surface area contributed by atoms with Crippen LogP contribution in [0.3, 0.4) is 0 Å². The lowest BCUT2D eigenvalue weighted by Gasteiger charge is -2.10. The van der Waals surface area contributed by atoms with Crippen molar-refractivity contribution < 1.29 is 14.3 Å². The minimum absolute atomic E-state index is 0.0853. The van der Waals surface area contributed by atoms with E-state index in [4.69, 9.17) is 21.1 Å². The Kier molecular flexibility index (Phi) is 7.58. The van der Waals surface area contributed by atoms with E-state index in [1.807, 2.05) is 13.0 Å². The first kappa shape index (κ1) is 20.7. The minimum Gasteiger partial charge on any atom is -0.493 e. The van der Waals surface area contributed by atoms with Crippen LogP contribution in [0.5, 0.6) is 11.5 Å². The molecule has 0 spiro atoms. The van der Waals surface area contributed by atoms with Crippen molar-refractivity contribution in [1.82, 2.24) is 9.78 Å². The van der Waals surface area contributed by atoms with Crippen LogP contribution in [0.15, 0.2) is 28.8 Å². The van der Waals surface area contributed by atoms with Crippen molar-refractivity contribution in [2.24, 2.45) is 12.0 Å². The molecule has 0 radical (unpaired) electrons. The second kappa shape index (κ2) is 9.90. The fourth-order valence-corrected chi connectivity index (χ4v) is 3.03. The molecule has 0 N–H and O–H groups in total. The first-order chi connectivity index (χ1) is 13.0. The zero-order valence-corrected chi connectivity index (χ0v) is 16.8. The molecular weight excluding hydrogens is 388 g/mol. The summed E-state index contributed by atoms with van der Waals surface area (Å²) in [4.78, 5) is 16.9. The SMILES string of the molecule is CCc1nn(C)c(=NC(=O)/C(C#N)=C\c2ccc(OCCCl)c(OC)c2)s1. The van der Waals surface area contributed by atoms with Gasteiger partial charge in [-0.1, -0.05) is 24.3 Å². The number of benzene rings is 1. The predicted molar refractivity (Wildman–Crippen MR) is 104 cm³/mol. The summed E-state index contributed by atoms with van der Waals surface area (Å²) in [6, 6.07) is 7.00. The van der Waals surface area contributed by atoms with Gasteiger partial charge in [-0.25, -0.2) is 4.68 Å². The topological polar surface area (TPSA) is 89.5 Å². The van der Waals surface area contributed by atoms with Gasteiger partial charge >= 0.3 is 0 Å². The molecule has 1 aromatic carbocycles. The molecule has 2 aromatic rings. The average molecular weight is 407 g/mol. The van der Waals surface area contributed by atoms with Crippen molar-refractivity contribution in [2.45, 2.75) is 13.3 Å². The first-order valence-electron chi connectivity index (χ1n) is 8.13. The summed E-state index contributed by atoms with van der Waals surface area (Å²) in [5, 5.41) is 14.5. The van der Waals surface area contributed by atoms with Crippen LogP contribution in [0.4, 0.5) is 0 Å². The minimum atomic E-state index is -0.624. The molecule has 0 saturated heterocycles. The van der Waals surface area contributed by atoms with Gasteiger partial charge in [0, 0.05) is 7.05 Å². The van der Waals surface area contributed by atoms with E-state index in [1.54, 1.807) is 25.2 Å². The van der Waals surface area contributed by atoms with Crippen LogP contribution >= 0.6 is 22.9 Å². The number of carbonyl (C=O) groups is 1. The highest BCUT2D eigenvalue weighted by atomic mass is 35.5. The maximum atomic E-state index is 12.4. The molecule has 0 fully saturated rings. The molecule has 0 atom stereocenters. The Labute approximate surface area is 166 Å². The average Bonchev–Trinajstić information content (AvgIpc) is 3.04. The van der Waals surface area contributed by atoms with Crippen molar-refractivity contribution in [1.29, 1.82) is 5.26 Å². The largest absolute Gasteiger partial charge is 0.493 e. The van der Waals surface area contributed by atoms with Gasteiger partial charge in [0.15, 0.2) is 11.5 Å². The van der Waals surface area contributed by atoms with E-state index in [2.05, 4.69) is 10.1 Å². The Bertz CT molecular complexity index is 956. The molecule has 1 amide bonds. The first-order valence-corrected chi connectivity index (χ1v) is 9.48. The lowest BCUT2D eigenvalue weighted by Crippen LogP contribution is -2.15. The van der Waals surface area contributed by atoms with Crippen LogP contribution < -0.4 is 14.3 Å². The fraction of sp³-hybridized carbons (Fsp3) is 0.333. The summed E-state index contributed by atoms with van der Waals surface area (Å²) >= 11 is 6.94. The number of halogens is 1. The molecule has 7 nitrogen and oxygen atoms in total. The van der Waals surface area contributed by atoms with Gasteiger partial charge in [-0.2, -0.15) is 15.4 Å². The number of alkyl halides is 1. The van der Waals surface area contributed by atoms with Crippen molar-refractivity contribution in [3.8, 4) is 17.6 Å². The smallest absolute Gasteiger partial charge is 0.290 e. The summed E-state index contributed by atoms with van der Waals surface area (Å²) in [5.41, 5.74) is 0.533. The standard InChI is InChI=1S/C18H19ClN4O3S/c1-4-16-22-23(2)18(27-16)21-17(24)13(11-20)9-12-5-6-14(26-8-7-19)15(10-12)25-3/h5-6,9-10H,4,7-8H2,1-3H3/b13-9-,21-18?. The van der Waals surface area contributed by atoms with Gasteiger partial charge in [0.2, 0.25) is 4.80 Å². The second-order valence-electron chi connectivity index (χ2n) is 5.29. The Morgan fingerprint density at radius 3 is 2.85 bits per heavy atom. The molecule has 9 heteroatoms. The summed E-state index contributed by atoms with van der Waals surface area (Å²) in [5.74, 6) is 0.750. The predicted octanol–water partition coefficient (Wildman–Crippen LogP) is 2.70. The van der Waals surface area contributed by atoms with Gasteiger partial charge in [-0.05, 0) is 30.2 Å². The van der Waals surface area contributed by atoms with E-state index in [0.29, 0.717) is 34.4 Å². The number of ether oxygens (including phenoxy) is 2. The molecule has 1 heterocycles. The number of nitriles is 1. The van der Waals surface area contributed by atoms with Crippen LogP contribution in [-0.2, 0) is 18.3 Å². The third-order valence-electron chi connectivity index (χ3n) is 3.43. The molecule has 1 aromatic heterocycles. The number of methoxy groups -OCH3 is 1. The maximum Gasteiger partial charge on any atom is 0.290 e. The van der Waals surface area contributed by atoms with Crippen LogP contribution in [0.2, 0.25) is 0 Å². The van der Waals surface area contributed by atoms with Gasteiger partial charge in [0.05, 0.1) is 13.0 Å². The number of rotatable bonds is 7. The Balaban J connectivity index is 2.33. The van der Waals surface area contributed by atoms with Crippen LogP contribution in [0.1, 0.15) is 17.5 Å². The number of hydrogen-bond acceptors (Lipinski definition) is 6. The van der Waals surface area contributed by atoms with E-state index in [-0.39, 0.29) is 5.57 Å². The number of aromatic nitrogens is 2. The van der Waals surface area contributed by atoms with Crippen LogP contribution in [0.25, 0.3) is 6.08 Å².